The van der Waals surface area contributed by atoms with Gasteiger partial charge in [-0.1, -0.05) is 31.2 Å². The third-order valence-corrected chi connectivity index (χ3v) is 4.84. The lowest BCUT2D eigenvalue weighted by atomic mass is 9.87. The van der Waals surface area contributed by atoms with Crippen LogP contribution < -0.4 is 10.6 Å². The lowest BCUT2D eigenvalue weighted by molar-refractivity contribution is 0.141. The summed E-state index contributed by atoms with van der Waals surface area (Å²) in [5, 5.41) is 16.2. The van der Waals surface area contributed by atoms with Crippen LogP contribution in [0.15, 0.2) is 24.3 Å². The van der Waals surface area contributed by atoms with E-state index in [1.54, 1.807) is 0 Å². The molecular formula is C17H24N2O2. The van der Waals surface area contributed by atoms with Crippen molar-refractivity contribution in [2.75, 3.05) is 0 Å². The molecule has 3 rings (SSSR count). The number of rotatable bonds is 2. The summed E-state index contributed by atoms with van der Waals surface area (Å²) >= 11 is 0. The fourth-order valence-electron chi connectivity index (χ4n) is 3.52. The molecule has 4 heteroatoms. The highest BCUT2D eigenvalue weighted by Crippen LogP contribution is 2.31. The number of hydrogen-bond acceptors (Lipinski definition) is 2. The van der Waals surface area contributed by atoms with Crippen LogP contribution in [-0.2, 0) is 6.42 Å². The SMILES string of the molecule is CC1CCC(NC(=O)NC2c3ccccc3CC2O)CC1. The molecule has 0 spiro atoms. The normalized spacial score (nSPS) is 31.5. The van der Waals surface area contributed by atoms with Crippen LogP contribution in [0.3, 0.4) is 0 Å². The van der Waals surface area contributed by atoms with Crippen molar-refractivity contribution in [3.05, 3.63) is 35.4 Å². The smallest absolute Gasteiger partial charge is 0.315 e. The van der Waals surface area contributed by atoms with Gasteiger partial charge in [-0.05, 0) is 42.7 Å². The zero-order valence-corrected chi connectivity index (χ0v) is 12.5. The first-order valence-corrected chi connectivity index (χ1v) is 7.96. The molecule has 2 aliphatic carbocycles. The Kier molecular flexibility index (Phi) is 4.15. The molecule has 1 aromatic rings. The summed E-state index contributed by atoms with van der Waals surface area (Å²) in [5.41, 5.74) is 2.17. The maximum atomic E-state index is 12.2. The van der Waals surface area contributed by atoms with Crippen LogP contribution in [0.5, 0.6) is 0 Å². The summed E-state index contributed by atoms with van der Waals surface area (Å²) in [6, 6.07) is 7.75. The van der Waals surface area contributed by atoms with Crippen molar-refractivity contribution in [3.8, 4) is 0 Å². The Bertz CT molecular complexity index is 509. The lowest BCUT2D eigenvalue weighted by Crippen LogP contribution is -2.46. The lowest BCUT2D eigenvalue weighted by Gasteiger charge is -2.28. The Labute approximate surface area is 125 Å². The van der Waals surface area contributed by atoms with Crippen molar-refractivity contribution in [1.29, 1.82) is 0 Å². The molecule has 1 fully saturated rings. The molecule has 3 N–H and O–H groups in total. The molecule has 21 heavy (non-hydrogen) atoms. The Morgan fingerprint density at radius 3 is 2.62 bits per heavy atom. The van der Waals surface area contributed by atoms with Crippen molar-refractivity contribution in [2.45, 2.75) is 57.2 Å². The molecule has 0 radical (unpaired) electrons. The highest BCUT2D eigenvalue weighted by molar-refractivity contribution is 5.75. The molecule has 0 saturated heterocycles. The van der Waals surface area contributed by atoms with Gasteiger partial charge in [-0.2, -0.15) is 0 Å². The third kappa shape index (κ3) is 3.21. The van der Waals surface area contributed by atoms with E-state index < -0.39 is 6.10 Å². The Balaban J connectivity index is 1.58. The minimum Gasteiger partial charge on any atom is -0.390 e. The molecule has 1 saturated carbocycles. The van der Waals surface area contributed by atoms with Crippen molar-refractivity contribution < 1.29 is 9.90 Å². The highest BCUT2D eigenvalue weighted by atomic mass is 16.3. The fraction of sp³-hybridized carbons (Fsp3) is 0.588. The topological polar surface area (TPSA) is 61.4 Å². The van der Waals surface area contributed by atoms with E-state index in [0.29, 0.717) is 6.42 Å². The monoisotopic (exact) mass is 288 g/mol. The Morgan fingerprint density at radius 2 is 1.86 bits per heavy atom. The van der Waals surface area contributed by atoms with E-state index in [1.165, 1.54) is 12.8 Å². The van der Waals surface area contributed by atoms with Crippen LogP contribution in [0.4, 0.5) is 4.79 Å². The number of carbonyl (C=O) groups excluding carboxylic acids is 1. The van der Waals surface area contributed by atoms with Gasteiger partial charge in [-0.15, -0.1) is 0 Å². The van der Waals surface area contributed by atoms with Crippen molar-refractivity contribution in [1.82, 2.24) is 10.6 Å². The molecule has 0 bridgehead atoms. The van der Waals surface area contributed by atoms with Gasteiger partial charge in [0.2, 0.25) is 0 Å². The standard InChI is InChI=1S/C17H24N2O2/c1-11-6-8-13(9-7-11)18-17(21)19-16-14-5-3-2-4-12(14)10-15(16)20/h2-5,11,13,15-16,20H,6-10H2,1H3,(H2,18,19,21). The van der Waals surface area contributed by atoms with Crippen LogP contribution in [0.25, 0.3) is 0 Å². The summed E-state index contributed by atoms with van der Waals surface area (Å²) < 4.78 is 0. The molecule has 2 amide bonds. The molecule has 2 atom stereocenters. The summed E-state index contributed by atoms with van der Waals surface area (Å²) in [6.45, 7) is 2.27. The Morgan fingerprint density at radius 1 is 1.14 bits per heavy atom. The van der Waals surface area contributed by atoms with E-state index in [1.807, 2.05) is 24.3 Å². The molecule has 2 unspecified atom stereocenters. The van der Waals surface area contributed by atoms with Gasteiger partial charge in [0.15, 0.2) is 0 Å². The predicted octanol–water partition coefficient (Wildman–Crippen LogP) is 2.52. The third-order valence-electron chi connectivity index (χ3n) is 4.84. The zero-order chi connectivity index (χ0) is 14.8. The summed E-state index contributed by atoms with van der Waals surface area (Å²) in [4.78, 5) is 12.2. The summed E-state index contributed by atoms with van der Waals surface area (Å²) in [5.74, 6) is 0.773. The van der Waals surface area contributed by atoms with Gasteiger partial charge in [0.25, 0.3) is 0 Å². The predicted molar refractivity (Wildman–Crippen MR) is 82.0 cm³/mol. The average molecular weight is 288 g/mol. The number of benzene rings is 1. The van der Waals surface area contributed by atoms with Crippen LogP contribution >= 0.6 is 0 Å². The van der Waals surface area contributed by atoms with Crippen molar-refractivity contribution >= 4 is 6.03 Å². The first-order valence-electron chi connectivity index (χ1n) is 7.96. The largest absolute Gasteiger partial charge is 0.390 e. The van der Waals surface area contributed by atoms with Gasteiger partial charge in [0.1, 0.15) is 0 Å². The fourth-order valence-corrected chi connectivity index (χ4v) is 3.52. The summed E-state index contributed by atoms with van der Waals surface area (Å²) in [7, 11) is 0. The van der Waals surface area contributed by atoms with E-state index in [4.69, 9.17) is 0 Å². The number of aliphatic hydroxyl groups is 1. The molecule has 114 valence electrons. The van der Waals surface area contributed by atoms with Gasteiger partial charge < -0.3 is 15.7 Å². The minimum atomic E-state index is -0.528. The van der Waals surface area contributed by atoms with Crippen LogP contribution in [0, 0.1) is 5.92 Å². The van der Waals surface area contributed by atoms with Gasteiger partial charge in [0.05, 0.1) is 12.1 Å². The maximum absolute atomic E-state index is 12.2. The van der Waals surface area contributed by atoms with Crippen LogP contribution in [0.1, 0.15) is 49.8 Å². The number of hydrogen-bond donors (Lipinski definition) is 3. The molecule has 0 aliphatic heterocycles. The number of carbonyl (C=O) groups is 1. The molecular weight excluding hydrogens is 264 g/mol. The molecule has 2 aliphatic rings. The van der Waals surface area contributed by atoms with E-state index >= 15 is 0 Å². The van der Waals surface area contributed by atoms with Crippen LogP contribution in [0.2, 0.25) is 0 Å². The van der Waals surface area contributed by atoms with E-state index in [-0.39, 0.29) is 18.1 Å². The van der Waals surface area contributed by atoms with E-state index in [9.17, 15) is 9.90 Å². The molecule has 4 nitrogen and oxygen atoms in total. The summed E-state index contributed by atoms with van der Waals surface area (Å²) in [6.07, 6.45) is 4.55. The molecule has 1 aromatic carbocycles. The van der Waals surface area contributed by atoms with E-state index in [2.05, 4.69) is 17.6 Å². The zero-order valence-electron chi connectivity index (χ0n) is 12.5. The first-order chi connectivity index (χ1) is 10.1. The first kappa shape index (κ1) is 14.4. The van der Waals surface area contributed by atoms with Crippen LogP contribution in [-0.4, -0.2) is 23.3 Å². The molecule has 0 aromatic heterocycles. The second-order valence-corrected chi connectivity index (χ2v) is 6.52. The average Bonchev–Trinajstić information content (AvgIpc) is 2.78. The minimum absolute atomic E-state index is 0.157. The van der Waals surface area contributed by atoms with E-state index in [0.717, 1.165) is 29.9 Å². The second kappa shape index (κ2) is 6.06. The van der Waals surface area contributed by atoms with Gasteiger partial charge in [-0.25, -0.2) is 4.79 Å². The number of fused-ring (bicyclic) bond motifs is 1. The van der Waals surface area contributed by atoms with Crippen molar-refractivity contribution in [3.63, 3.8) is 0 Å². The maximum Gasteiger partial charge on any atom is 0.315 e. The number of amides is 2. The second-order valence-electron chi connectivity index (χ2n) is 6.52. The number of urea groups is 1. The van der Waals surface area contributed by atoms with Crippen molar-refractivity contribution in [2.24, 2.45) is 5.92 Å². The molecule has 0 heterocycles. The number of aliphatic hydroxyl groups excluding tert-OH is 1. The Hall–Kier alpha value is -1.55. The van der Waals surface area contributed by atoms with Gasteiger partial charge >= 0.3 is 6.03 Å². The van der Waals surface area contributed by atoms with Gasteiger partial charge in [0, 0.05) is 12.5 Å². The highest BCUT2D eigenvalue weighted by Gasteiger charge is 2.32. The van der Waals surface area contributed by atoms with Gasteiger partial charge in [-0.3, -0.25) is 0 Å². The number of nitrogens with one attached hydrogen (secondary N) is 2. The quantitative estimate of drug-likeness (QED) is 0.783.